The minimum Gasteiger partial charge on any atom is -0.493 e. The Morgan fingerprint density at radius 1 is 1.06 bits per heavy atom. The number of hydrogen-bond donors (Lipinski definition) is 2. The summed E-state index contributed by atoms with van der Waals surface area (Å²) in [5, 5.41) is 5.17. The Kier molecular flexibility index (Phi) is 6.13. The van der Waals surface area contributed by atoms with Gasteiger partial charge >= 0.3 is 6.03 Å². The van der Waals surface area contributed by atoms with Gasteiger partial charge in [0.15, 0.2) is 21.3 Å². The number of sulfone groups is 1. The van der Waals surface area contributed by atoms with Crippen LogP contribution in [-0.4, -0.2) is 58.2 Å². The van der Waals surface area contributed by atoms with E-state index in [1.807, 2.05) is 0 Å². The van der Waals surface area contributed by atoms with E-state index in [0.717, 1.165) is 11.2 Å². The third-order valence-corrected chi connectivity index (χ3v) is 6.23. The number of urea groups is 1. The van der Waals surface area contributed by atoms with E-state index in [1.165, 1.54) is 45.4 Å². The van der Waals surface area contributed by atoms with Crippen molar-refractivity contribution in [1.29, 1.82) is 0 Å². The molecule has 3 rings (SSSR count). The summed E-state index contributed by atoms with van der Waals surface area (Å²) in [5.41, 5.74) is -0.599. The Labute approximate surface area is 185 Å². The Bertz CT molecular complexity index is 1180. The zero-order chi connectivity index (χ0) is 23.7. The summed E-state index contributed by atoms with van der Waals surface area (Å²) in [6.45, 7) is 1.03. The number of imide groups is 1. The van der Waals surface area contributed by atoms with E-state index in [1.54, 1.807) is 18.2 Å². The number of nitrogens with one attached hydrogen (secondary N) is 2. The number of nitrogens with zero attached hydrogens (tertiary/aromatic N) is 1. The third-order valence-electron chi connectivity index (χ3n) is 5.10. The summed E-state index contributed by atoms with van der Waals surface area (Å²) in [7, 11) is -0.426. The topological polar surface area (TPSA) is 131 Å². The van der Waals surface area contributed by atoms with Gasteiger partial charge in [-0.2, -0.15) is 0 Å². The number of ether oxygens (including phenoxy) is 2. The SMILES string of the molecule is COc1ccc([C@@]2(C)NC(=O)N(CC(=O)Nc3ccc(S(C)(=O)=O)cc3)C2=O)cc1OC. The molecule has 0 radical (unpaired) electrons. The van der Waals surface area contributed by atoms with Crippen LogP contribution in [0.2, 0.25) is 0 Å². The largest absolute Gasteiger partial charge is 0.493 e. The van der Waals surface area contributed by atoms with Crippen LogP contribution in [0.1, 0.15) is 12.5 Å². The molecule has 1 heterocycles. The maximum Gasteiger partial charge on any atom is 0.325 e. The fraction of sp³-hybridized carbons (Fsp3) is 0.286. The summed E-state index contributed by atoms with van der Waals surface area (Å²) in [6, 6.07) is 9.68. The monoisotopic (exact) mass is 461 g/mol. The van der Waals surface area contributed by atoms with E-state index in [-0.39, 0.29) is 4.90 Å². The van der Waals surface area contributed by atoms with Gasteiger partial charge in [-0.3, -0.25) is 14.5 Å². The van der Waals surface area contributed by atoms with E-state index in [0.29, 0.717) is 22.7 Å². The number of rotatable bonds is 7. The zero-order valence-corrected chi connectivity index (χ0v) is 18.8. The normalized spacial score (nSPS) is 18.3. The quantitative estimate of drug-likeness (QED) is 0.598. The van der Waals surface area contributed by atoms with Crippen LogP contribution in [-0.2, 0) is 25.0 Å². The molecule has 1 fully saturated rings. The molecule has 2 N–H and O–H groups in total. The van der Waals surface area contributed by atoms with Crippen molar-refractivity contribution in [2.45, 2.75) is 17.4 Å². The maximum atomic E-state index is 13.1. The molecule has 10 nitrogen and oxygen atoms in total. The summed E-state index contributed by atoms with van der Waals surface area (Å²) in [4.78, 5) is 38.9. The Balaban J connectivity index is 1.75. The Morgan fingerprint density at radius 2 is 1.69 bits per heavy atom. The van der Waals surface area contributed by atoms with Gasteiger partial charge in [-0.05, 0) is 48.9 Å². The highest BCUT2D eigenvalue weighted by atomic mass is 32.2. The van der Waals surface area contributed by atoms with E-state index in [4.69, 9.17) is 9.47 Å². The molecule has 0 aliphatic carbocycles. The fourth-order valence-electron chi connectivity index (χ4n) is 3.31. The van der Waals surface area contributed by atoms with Crippen molar-refractivity contribution in [2.75, 3.05) is 32.3 Å². The standard InChI is InChI=1S/C21H23N3O7S/c1-21(13-5-10-16(30-2)17(11-13)31-3)19(26)24(20(27)23-21)12-18(25)22-14-6-8-15(9-7-14)32(4,28)29/h5-11H,12H2,1-4H3,(H,22,25)(H,23,27)/t21-/m1/s1. The van der Waals surface area contributed by atoms with Gasteiger partial charge in [0.25, 0.3) is 5.91 Å². The lowest BCUT2D eigenvalue weighted by atomic mass is 9.91. The van der Waals surface area contributed by atoms with Crippen LogP contribution in [0.25, 0.3) is 0 Å². The lowest BCUT2D eigenvalue weighted by Crippen LogP contribution is -2.42. The molecule has 1 aliphatic heterocycles. The van der Waals surface area contributed by atoms with E-state index in [2.05, 4.69) is 10.6 Å². The van der Waals surface area contributed by atoms with Gasteiger partial charge in [0.2, 0.25) is 5.91 Å². The van der Waals surface area contributed by atoms with Crippen LogP contribution in [0.3, 0.4) is 0 Å². The predicted molar refractivity (Wildman–Crippen MR) is 115 cm³/mol. The van der Waals surface area contributed by atoms with Crippen molar-refractivity contribution < 1.29 is 32.3 Å². The molecule has 0 aromatic heterocycles. The van der Waals surface area contributed by atoms with Crippen LogP contribution >= 0.6 is 0 Å². The summed E-state index contributed by atoms with van der Waals surface area (Å²) >= 11 is 0. The van der Waals surface area contributed by atoms with Crippen molar-refractivity contribution in [3.63, 3.8) is 0 Å². The van der Waals surface area contributed by atoms with E-state index >= 15 is 0 Å². The first-order valence-corrected chi connectivity index (χ1v) is 11.4. The van der Waals surface area contributed by atoms with Gasteiger partial charge in [0.1, 0.15) is 12.1 Å². The van der Waals surface area contributed by atoms with Gasteiger partial charge in [0, 0.05) is 11.9 Å². The molecule has 1 saturated heterocycles. The molecule has 0 spiro atoms. The minimum absolute atomic E-state index is 0.107. The molecular formula is C21H23N3O7S. The number of benzene rings is 2. The van der Waals surface area contributed by atoms with Gasteiger partial charge in [-0.25, -0.2) is 13.2 Å². The van der Waals surface area contributed by atoms with Gasteiger partial charge in [-0.1, -0.05) is 6.07 Å². The predicted octanol–water partition coefficient (Wildman–Crippen LogP) is 1.51. The first-order valence-electron chi connectivity index (χ1n) is 9.46. The second-order valence-electron chi connectivity index (χ2n) is 7.36. The van der Waals surface area contributed by atoms with Crippen molar-refractivity contribution in [2.24, 2.45) is 0 Å². The summed E-state index contributed by atoms with van der Waals surface area (Å²) in [6.07, 6.45) is 1.08. The molecule has 2 aromatic carbocycles. The van der Waals surface area contributed by atoms with Crippen molar-refractivity contribution in [1.82, 2.24) is 10.2 Å². The third kappa shape index (κ3) is 4.37. The van der Waals surface area contributed by atoms with E-state index < -0.39 is 39.8 Å². The molecule has 4 amide bonds. The lowest BCUT2D eigenvalue weighted by molar-refractivity contribution is -0.133. The number of hydrogen-bond acceptors (Lipinski definition) is 7. The van der Waals surface area contributed by atoms with Crippen LogP contribution < -0.4 is 20.1 Å². The second kappa shape index (κ2) is 8.50. The van der Waals surface area contributed by atoms with Crippen LogP contribution in [0.5, 0.6) is 11.5 Å². The molecule has 11 heteroatoms. The van der Waals surface area contributed by atoms with Crippen molar-refractivity contribution in [3.05, 3.63) is 48.0 Å². The first kappa shape index (κ1) is 23.1. The Hall–Kier alpha value is -3.60. The number of anilines is 1. The highest BCUT2D eigenvalue weighted by Crippen LogP contribution is 2.35. The molecule has 170 valence electrons. The number of methoxy groups -OCH3 is 2. The number of carbonyl (C=O) groups is 3. The molecule has 0 saturated carbocycles. The van der Waals surface area contributed by atoms with E-state index in [9.17, 15) is 22.8 Å². The number of carbonyl (C=O) groups excluding carboxylic acids is 3. The molecule has 2 aromatic rings. The fourth-order valence-corrected chi connectivity index (χ4v) is 3.94. The maximum absolute atomic E-state index is 13.1. The van der Waals surface area contributed by atoms with Gasteiger partial charge in [0.05, 0.1) is 19.1 Å². The number of amides is 4. The van der Waals surface area contributed by atoms with Gasteiger partial charge < -0.3 is 20.1 Å². The molecule has 32 heavy (non-hydrogen) atoms. The highest BCUT2D eigenvalue weighted by molar-refractivity contribution is 7.90. The summed E-state index contributed by atoms with van der Waals surface area (Å²) < 4.78 is 33.5. The Morgan fingerprint density at radius 3 is 2.25 bits per heavy atom. The molecule has 1 aliphatic rings. The smallest absolute Gasteiger partial charge is 0.325 e. The molecule has 1 atom stereocenters. The lowest BCUT2D eigenvalue weighted by Gasteiger charge is -2.23. The summed E-state index contributed by atoms with van der Waals surface area (Å²) in [5.74, 6) is -0.355. The van der Waals surface area contributed by atoms with Crippen LogP contribution in [0.4, 0.5) is 10.5 Å². The average Bonchev–Trinajstić information content (AvgIpc) is 2.96. The van der Waals surface area contributed by atoms with Crippen LogP contribution in [0.15, 0.2) is 47.4 Å². The van der Waals surface area contributed by atoms with Crippen molar-refractivity contribution in [3.8, 4) is 11.5 Å². The average molecular weight is 461 g/mol. The highest BCUT2D eigenvalue weighted by Gasteiger charge is 2.49. The van der Waals surface area contributed by atoms with Gasteiger partial charge in [-0.15, -0.1) is 0 Å². The minimum atomic E-state index is -3.37. The molecule has 0 unspecified atom stereocenters. The molecular weight excluding hydrogens is 438 g/mol. The zero-order valence-electron chi connectivity index (χ0n) is 18.0. The van der Waals surface area contributed by atoms with Crippen LogP contribution in [0, 0.1) is 0 Å². The second-order valence-corrected chi connectivity index (χ2v) is 9.38. The van der Waals surface area contributed by atoms with Crippen molar-refractivity contribution >= 4 is 33.4 Å². The molecule has 0 bridgehead atoms. The first-order chi connectivity index (χ1) is 15.0.